The van der Waals surface area contributed by atoms with Crippen LogP contribution < -0.4 is 5.32 Å². The number of carboxylic acid groups (broad SMARTS) is 1. The van der Waals surface area contributed by atoms with Gasteiger partial charge in [0.25, 0.3) is 0 Å². The van der Waals surface area contributed by atoms with Crippen molar-refractivity contribution in [2.75, 3.05) is 18.6 Å². The summed E-state index contributed by atoms with van der Waals surface area (Å²) < 4.78 is 0. The van der Waals surface area contributed by atoms with Crippen LogP contribution in [0.15, 0.2) is 0 Å². The maximum atomic E-state index is 10.6. The Morgan fingerprint density at radius 3 is 2.92 bits per heavy atom. The highest BCUT2D eigenvalue weighted by Crippen LogP contribution is 2.00. The molecule has 0 aromatic carbocycles. The second-order valence-corrected chi connectivity index (χ2v) is 3.52. The number of nitriles is 1. The summed E-state index contributed by atoms with van der Waals surface area (Å²) in [6.07, 6.45) is 2.89. The van der Waals surface area contributed by atoms with Crippen LogP contribution in [0.2, 0.25) is 0 Å². The predicted molar refractivity (Wildman–Crippen MR) is 52.7 cm³/mol. The minimum Gasteiger partial charge on any atom is -0.480 e. The Bertz CT molecular complexity index is 191. The summed E-state index contributed by atoms with van der Waals surface area (Å²) in [5, 5.41) is 19.8. The van der Waals surface area contributed by atoms with E-state index in [-0.39, 0.29) is 0 Å². The molecule has 0 aromatic rings. The van der Waals surface area contributed by atoms with E-state index >= 15 is 0 Å². The van der Waals surface area contributed by atoms with Crippen molar-refractivity contribution in [1.29, 1.82) is 5.26 Å². The average molecular weight is 202 g/mol. The van der Waals surface area contributed by atoms with E-state index in [1.165, 1.54) is 0 Å². The maximum absolute atomic E-state index is 10.6. The number of rotatable bonds is 7. The van der Waals surface area contributed by atoms with Gasteiger partial charge in [-0.05, 0) is 18.4 Å². The SMILES string of the molecule is CSCCC(NCCC#N)C(=O)O. The van der Waals surface area contributed by atoms with E-state index in [0.29, 0.717) is 19.4 Å². The summed E-state index contributed by atoms with van der Waals surface area (Å²) in [4.78, 5) is 10.6. The Labute approximate surface area is 82.3 Å². The van der Waals surface area contributed by atoms with Crippen molar-refractivity contribution in [1.82, 2.24) is 5.32 Å². The van der Waals surface area contributed by atoms with Crippen molar-refractivity contribution in [2.45, 2.75) is 18.9 Å². The van der Waals surface area contributed by atoms with Gasteiger partial charge in [0.1, 0.15) is 6.04 Å². The summed E-state index contributed by atoms with van der Waals surface area (Å²) in [6, 6.07) is 1.44. The lowest BCUT2D eigenvalue weighted by atomic mass is 10.2. The number of nitrogens with one attached hydrogen (secondary N) is 1. The zero-order valence-electron chi connectivity index (χ0n) is 7.62. The monoisotopic (exact) mass is 202 g/mol. The standard InChI is InChI=1S/C8H14N2O2S/c1-13-6-3-7(8(11)12)10-5-2-4-9/h7,10H,2-3,5-6H2,1H3,(H,11,12). The van der Waals surface area contributed by atoms with E-state index in [4.69, 9.17) is 10.4 Å². The lowest BCUT2D eigenvalue weighted by Crippen LogP contribution is -2.37. The van der Waals surface area contributed by atoms with Gasteiger partial charge in [-0.15, -0.1) is 0 Å². The van der Waals surface area contributed by atoms with Crippen molar-refractivity contribution in [3.8, 4) is 6.07 Å². The van der Waals surface area contributed by atoms with E-state index < -0.39 is 12.0 Å². The van der Waals surface area contributed by atoms with Gasteiger partial charge in [-0.1, -0.05) is 0 Å². The Hall–Kier alpha value is -0.730. The third-order valence-corrected chi connectivity index (χ3v) is 2.18. The molecule has 74 valence electrons. The fourth-order valence-electron chi connectivity index (χ4n) is 0.851. The van der Waals surface area contributed by atoms with E-state index in [9.17, 15) is 4.79 Å². The van der Waals surface area contributed by atoms with Crippen LogP contribution in [0.3, 0.4) is 0 Å². The molecular weight excluding hydrogens is 188 g/mol. The smallest absolute Gasteiger partial charge is 0.320 e. The number of aliphatic carboxylic acids is 1. The molecule has 0 bridgehead atoms. The molecule has 0 radical (unpaired) electrons. The van der Waals surface area contributed by atoms with Crippen LogP contribution in [0.25, 0.3) is 0 Å². The van der Waals surface area contributed by atoms with Gasteiger partial charge in [0.15, 0.2) is 0 Å². The van der Waals surface area contributed by atoms with Crippen molar-refractivity contribution in [3.05, 3.63) is 0 Å². The first-order valence-electron chi connectivity index (χ1n) is 4.04. The quantitative estimate of drug-likeness (QED) is 0.594. The first-order valence-corrected chi connectivity index (χ1v) is 5.43. The Morgan fingerprint density at radius 1 is 1.77 bits per heavy atom. The summed E-state index contributed by atoms with van der Waals surface area (Å²) >= 11 is 1.62. The summed E-state index contributed by atoms with van der Waals surface area (Å²) in [5.41, 5.74) is 0. The van der Waals surface area contributed by atoms with Gasteiger partial charge in [0.2, 0.25) is 0 Å². The summed E-state index contributed by atoms with van der Waals surface area (Å²) in [5.74, 6) is -0.0248. The molecule has 1 unspecified atom stereocenters. The molecule has 0 rings (SSSR count). The molecule has 0 amide bonds. The van der Waals surface area contributed by atoms with Crippen LogP contribution in [-0.2, 0) is 4.79 Å². The predicted octanol–water partition coefficient (Wildman–Crippen LogP) is 0.696. The van der Waals surface area contributed by atoms with Crippen LogP contribution in [0.1, 0.15) is 12.8 Å². The normalized spacial score (nSPS) is 12.0. The van der Waals surface area contributed by atoms with Crippen LogP contribution in [-0.4, -0.2) is 35.7 Å². The molecule has 5 heteroatoms. The molecule has 0 spiro atoms. The van der Waals surface area contributed by atoms with E-state index in [1.54, 1.807) is 11.8 Å². The molecule has 1 atom stereocenters. The molecule has 0 saturated heterocycles. The first kappa shape index (κ1) is 12.3. The van der Waals surface area contributed by atoms with Gasteiger partial charge in [-0.2, -0.15) is 17.0 Å². The zero-order chi connectivity index (χ0) is 10.1. The molecule has 2 N–H and O–H groups in total. The van der Waals surface area contributed by atoms with Crippen LogP contribution in [0, 0.1) is 11.3 Å². The fraction of sp³-hybridized carbons (Fsp3) is 0.750. The number of carbonyl (C=O) groups is 1. The largest absolute Gasteiger partial charge is 0.480 e. The molecule has 4 nitrogen and oxygen atoms in total. The topological polar surface area (TPSA) is 73.1 Å². The van der Waals surface area contributed by atoms with Crippen molar-refractivity contribution < 1.29 is 9.90 Å². The molecule has 0 fully saturated rings. The third-order valence-electron chi connectivity index (χ3n) is 1.54. The van der Waals surface area contributed by atoms with Crippen molar-refractivity contribution >= 4 is 17.7 Å². The van der Waals surface area contributed by atoms with Gasteiger partial charge in [0, 0.05) is 13.0 Å². The second-order valence-electron chi connectivity index (χ2n) is 2.53. The average Bonchev–Trinajstić information content (AvgIpc) is 2.10. The Morgan fingerprint density at radius 2 is 2.46 bits per heavy atom. The second kappa shape index (κ2) is 7.90. The van der Waals surface area contributed by atoms with Crippen molar-refractivity contribution in [2.24, 2.45) is 0 Å². The lowest BCUT2D eigenvalue weighted by molar-refractivity contribution is -0.139. The minimum atomic E-state index is -0.841. The zero-order valence-corrected chi connectivity index (χ0v) is 8.43. The summed E-state index contributed by atoms with van der Waals surface area (Å²) in [6.45, 7) is 0.446. The number of hydrogen-bond donors (Lipinski definition) is 2. The van der Waals surface area contributed by atoms with Gasteiger partial charge in [-0.3, -0.25) is 4.79 Å². The summed E-state index contributed by atoms with van der Waals surface area (Å²) in [7, 11) is 0. The number of carboxylic acids is 1. The molecule has 0 aromatic heterocycles. The minimum absolute atomic E-state index is 0.350. The molecule has 0 aliphatic rings. The van der Waals surface area contributed by atoms with Crippen LogP contribution >= 0.6 is 11.8 Å². The highest BCUT2D eigenvalue weighted by atomic mass is 32.2. The molecule has 0 aliphatic heterocycles. The lowest BCUT2D eigenvalue weighted by Gasteiger charge is -2.11. The highest BCUT2D eigenvalue weighted by Gasteiger charge is 2.14. The highest BCUT2D eigenvalue weighted by molar-refractivity contribution is 7.98. The van der Waals surface area contributed by atoms with Crippen LogP contribution in [0.4, 0.5) is 0 Å². The van der Waals surface area contributed by atoms with Gasteiger partial charge in [-0.25, -0.2) is 0 Å². The van der Waals surface area contributed by atoms with Gasteiger partial charge < -0.3 is 10.4 Å². The van der Waals surface area contributed by atoms with Crippen molar-refractivity contribution in [3.63, 3.8) is 0 Å². The van der Waals surface area contributed by atoms with Gasteiger partial charge in [0.05, 0.1) is 6.07 Å². The Balaban J connectivity index is 3.68. The van der Waals surface area contributed by atoms with E-state index in [2.05, 4.69) is 5.32 Å². The number of nitrogens with zero attached hydrogens (tertiary/aromatic N) is 1. The van der Waals surface area contributed by atoms with Crippen LogP contribution in [0.5, 0.6) is 0 Å². The first-order chi connectivity index (χ1) is 6.22. The molecular formula is C8H14N2O2S. The number of hydrogen-bond acceptors (Lipinski definition) is 4. The number of thioether (sulfide) groups is 1. The molecule has 0 saturated carbocycles. The van der Waals surface area contributed by atoms with E-state index in [1.807, 2.05) is 12.3 Å². The Kier molecular flexibility index (Phi) is 7.45. The third kappa shape index (κ3) is 6.43. The van der Waals surface area contributed by atoms with Gasteiger partial charge >= 0.3 is 5.97 Å². The molecule has 0 heterocycles. The maximum Gasteiger partial charge on any atom is 0.320 e. The fourth-order valence-corrected chi connectivity index (χ4v) is 1.32. The molecule has 0 aliphatic carbocycles. The molecule has 13 heavy (non-hydrogen) atoms. The van der Waals surface area contributed by atoms with E-state index in [0.717, 1.165) is 5.75 Å².